The van der Waals surface area contributed by atoms with Gasteiger partial charge in [-0.1, -0.05) is 6.07 Å². The van der Waals surface area contributed by atoms with Crippen LogP contribution in [0.5, 0.6) is 0 Å². The highest BCUT2D eigenvalue weighted by Crippen LogP contribution is 2.36. The summed E-state index contributed by atoms with van der Waals surface area (Å²) < 4.78 is 1.81. The van der Waals surface area contributed by atoms with Crippen molar-refractivity contribution in [1.29, 1.82) is 0 Å². The van der Waals surface area contributed by atoms with Gasteiger partial charge in [0, 0.05) is 29.5 Å². The fraction of sp³-hybridized carbons (Fsp3) is 0.238. The molecule has 0 aliphatic heterocycles. The monoisotopic (exact) mass is 359 g/mol. The van der Waals surface area contributed by atoms with Gasteiger partial charge in [-0.25, -0.2) is 4.52 Å². The summed E-state index contributed by atoms with van der Waals surface area (Å²) in [5.41, 5.74) is 10.9. The lowest BCUT2D eigenvalue weighted by atomic mass is 10.1. The molecule has 1 aliphatic carbocycles. The van der Waals surface area contributed by atoms with E-state index in [-0.39, 0.29) is 0 Å². The van der Waals surface area contributed by atoms with Gasteiger partial charge in [-0.3, -0.25) is 4.79 Å². The third-order valence-corrected chi connectivity index (χ3v) is 5.49. The van der Waals surface area contributed by atoms with Gasteiger partial charge in [0.2, 0.25) is 0 Å². The maximum absolute atomic E-state index is 12.0. The van der Waals surface area contributed by atoms with Crippen molar-refractivity contribution >= 4 is 28.0 Å². The molecule has 6 heteroatoms. The average Bonchev–Trinajstić information content (AvgIpc) is 3.24. The fourth-order valence-electron chi connectivity index (χ4n) is 3.73. The van der Waals surface area contributed by atoms with Crippen LogP contribution in [-0.2, 0) is 0 Å². The minimum atomic E-state index is -0.466. The van der Waals surface area contributed by atoms with Crippen LogP contribution in [-0.4, -0.2) is 26.5 Å². The Morgan fingerprint density at radius 2 is 2.15 bits per heavy atom. The maximum Gasteiger partial charge on any atom is 0.252 e. The van der Waals surface area contributed by atoms with Crippen LogP contribution in [0.1, 0.15) is 30.1 Å². The Kier molecular flexibility index (Phi) is 3.47. The quantitative estimate of drug-likeness (QED) is 0.506. The third kappa shape index (κ3) is 2.73. The fourth-order valence-corrected chi connectivity index (χ4v) is 3.73. The Morgan fingerprint density at radius 3 is 2.93 bits per heavy atom. The van der Waals surface area contributed by atoms with Gasteiger partial charge in [0.25, 0.3) is 5.91 Å². The van der Waals surface area contributed by atoms with E-state index in [1.54, 1.807) is 6.20 Å². The Bertz CT molecular complexity index is 1170. The van der Waals surface area contributed by atoms with Crippen molar-refractivity contribution in [3.8, 4) is 11.1 Å². The number of nitrogens with zero attached hydrogens (tertiary/aromatic N) is 2. The number of nitrogens with one attached hydrogen (secondary N) is 2. The van der Waals surface area contributed by atoms with Gasteiger partial charge in [-0.05, 0) is 60.9 Å². The molecule has 1 amide bonds. The number of carbonyl (C=O) groups is 1. The summed E-state index contributed by atoms with van der Waals surface area (Å²) in [6.45, 7) is 2.16. The molecular formula is C21H21N5O. The Balaban J connectivity index is 1.64. The first-order chi connectivity index (χ1) is 13.1. The van der Waals surface area contributed by atoms with Gasteiger partial charge in [-0.2, -0.15) is 5.10 Å². The highest BCUT2D eigenvalue weighted by molar-refractivity contribution is 6.02. The predicted molar refractivity (Wildman–Crippen MR) is 107 cm³/mol. The van der Waals surface area contributed by atoms with E-state index in [1.165, 1.54) is 12.8 Å². The number of carbonyl (C=O) groups excluding carboxylic acids is 1. The second-order valence-electron chi connectivity index (χ2n) is 7.41. The number of hydrogen-bond donors (Lipinski definition) is 3. The molecule has 0 radical (unpaired) electrons. The second-order valence-corrected chi connectivity index (χ2v) is 7.41. The van der Waals surface area contributed by atoms with E-state index in [0.717, 1.165) is 33.2 Å². The van der Waals surface area contributed by atoms with E-state index >= 15 is 0 Å². The van der Waals surface area contributed by atoms with Crippen LogP contribution in [0.15, 0.2) is 48.9 Å². The van der Waals surface area contributed by atoms with Crippen molar-refractivity contribution < 1.29 is 4.79 Å². The summed E-state index contributed by atoms with van der Waals surface area (Å²) in [5, 5.41) is 9.08. The standard InChI is InChI=1S/C21H21N5O/c1-12(13-2-3-13)25-20-17(21(22)27)10-24-26-11-16(9-19(20)26)14-4-5-18-15(8-14)6-7-23-18/h4-13,23,25H,2-3H2,1H3,(H2,22,27). The van der Waals surface area contributed by atoms with Crippen LogP contribution < -0.4 is 11.1 Å². The lowest BCUT2D eigenvalue weighted by Crippen LogP contribution is -2.22. The van der Waals surface area contributed by atoms with Crippen molar-refractivity contribution in [1.82, 2.24) is 14.6 Å². The lowest BCUT2D eigenvalue weighted by Gasteiger charge is -2.17. The minimum Gasteiger partial charge on any atom is -0.380 e. The molecule has 27 heavy (non-hydrogen) atoms. The lowest BCUT2D eigenvalue weighted by molar-refractivity contribution is 0.100. The summed E-state index contributed by atoms with van der Waals surface area (Å²) in [7, 11) is 0. The Labute approximate surface area is 156 Å². The van der Waals surface area contributed by atoms with E-state index in [0.29, 0.717) is 17.5 Å². The zero-order valence-electron chi connectivity index (χ0n) is 15.1. The molecule has 1 fully saturated rings. The molecule has 6 nitrogen and oxygen atoms in total. The zero-order chi connectivity index (χ0) is 18.5. The van der Waals surface area contributed by atoms with E-state index < -0.39 is 5.91 Å². The molecule has 1 atom stereocenters. The topological polar surface area (TPSA) is 88.2 Å². The molecule has 0 spiro atoms. The number of hydrogen-bond acceptors (Lipinski definition) is 3. The highest BCUT2D eigenvalue weighted by atomic mass is 16.1. The number of nitrogens with two attached hydrogens (primary N) is 1. The summed E-state index contributed by atoms with van der Waals surface area (Å²) in [4.78, 5) is 15.2. The van der Waals surface area contributed by atoms with Crippen molar-refractivity contribution in [3.05, 3.63) is 54.5 Å². The van der Waals surface area contributed by atoms with Crippen LogP contribution in [0, 0.1) is 5.92 Å². The number of aromatic amines is 1. The number of aromatic nitrogens is 3. The molecule has 4 aromatic rings. The molecule has 3 aromatic heterocycles. The second kappa shape index (κ2) is 5.87. The molecule has 0 saturated heterocycles. The molecular weight excluding hydrogens is 338 g/mol. The summed E-state index contributed by atoms with van der Waals surface area (Å²) in [5.74, 6) is 0.191. The number of amides is 1. The van der Waals surface area contributed by atoms with Crippen molar-refractivity contribution in [2.75, 3.05) is 5.32 Å². The molecule has 5 rings (SSSR count). The number of fused-ring (bicyclic) bond motifs is 2. The number of benzene rings is 1. The van der Waals surface area contributed by atoms with E-state index in [9.17, 15) is 4.79 Å². The first kappa shape index (κ1) is 15.9. The zero-order valence-corrected chi connectivity index (χ0v) is 15.1. The molecule has 136 valence electrons. The summed E-state index contributed by atoms with van der Waals surface area (Å²) in [6, 6.07) is 10.7. The Hall–Kier alpha value is -3.28. The van der Waals surface area contributed by atoms with Crippen molar-refractivity contribution in [3.63, 3.8) is 0 Å². The number of H-pyrrole nitrogens is 1. The summed E-state index contributed by atoms with van der Waals surface area (Å²) >= 11 is 0. The van der Waals surface area contributed by atoms with Crippen LogP contribution in [0.4, 0.5) is 5.69 Å². The number of anilines is 1. The average molecular weight is 359 g/mol. The van der Waals surface area contributed by atoms with Gasteiger partial charge >= 0.3 is 0 Å². The first-order valence-electron chi connectivity index (χ1n) is 9.25. The van der Waals surface area contributed by atoms with Gasteiger partial charge in [0.1, 0.15) is 0 Å². The minimum absolute atomic E-state index is 0.295. The molecule has 1 aromatic carbocycles. The number of primary amides is 1. The maximum atomic E-state index is 12.0. The predicted octanol–water partition coefficient (Wildman–Crippen LogP) is 3.79. The van der Waals surface area contributed by atoms with Crippen molar-refractivity contribution in [2.45, 2.75) is 25.8 Å². The SMILES string of the molecule is CC(Nc1c(C(N)=O)cnn2cc(-c3ccc4[nH]ccc4c3)cc12)C1CC1. The molecule has 0 bridgehead atoms. The summed E-state index contributed by atoms with van der Waals surface area (Å²) in [6.07, 6.45) is 7.93. The molecule has 4 N–H and O–H groups in total. The van der Waals surface area contributed by atoms with Crippen LogP contribution in [0.25, 0.3) is 27.5 Å². The third-order valence-electron chi connectivity index (χ3n) is 5.49. The van der Waals surface area contributed by atoms with E-state index in [4.69, 9.17) is 5.73 Å². The van der Waals surface area contributed by atoms with Gasteiger partial charge < -0.3 is 16.0 Å². The molecule has 1 saturated carbocycles. The van der Waals surface area contributed by atoms with Crippen LogP contribution >= 0.6 is 0 Å². The van der Waals surface area contributed by atoms with Crippen LogP contribution in [0.2, 0.25) is 0 Å². The van der Waals surface area contributed by atoms with Crippen LogP contribution in [0.3, 0.4) is 0 Å². The smallest absolute Gasteiger partial charge is 0.252 e. The Morgan fingerprint density at radius 1 is 1.30 bits per heavy atom. The normalized spacial score (nSPS) is 15.3. The molecule has 3 heterocycles. The van der Waals surface area contributed by atoms with E-state index in [2.05, 4.69) is 52.7 Å². The van der Waals surface area contributed by atoms with E-state index in [1.807, 2.05) is 16.9 Å². The number of rotatable bonds is 5. The first-order valence-corrected chi connectivity index (χ1v) is 9.25. The molecule has 1 aliphatic rings. The molecule has 1 unspecified atom stereocenters. The van der Waals surface area contributed by atoms with Gasteiger partial charge in [-0.15, -0.1) is 0 Å². The highest BCUT2D eigenvalue weighted by Gasteiger charge is 2.29. The van der Waals surface area contributed by atoms with Gasteiger partial charge in [0.05, 0.1) is 23.0 Å². The van der Waals surface area contributed by atoms with Gasteiger partial charge in [0.15, 0.2) is 0 Å². The van der Waals surface area contributed by atoms with Crippen molar-refractivity contribution in [2.24, 2.45) is 11.7 Å². The largest absolute Gasteiger partial charge is 0.380 e.